The quantitative estimate of drug-likeness (QED) is 0.600. The van der Waals surface area contributed by atoms with Gasteiger partial charge in [-0.2, -0.15) is 0 Å². The molecule has 104 valence electrons. The van der Waals surface area contributed by atoms with Crippen molar-refractivity contribution in [2.24, 2.45) is 5.16 Å². The van der Waals surface area contributed by atoms with Gasteiger partial charge in [0, 0.05) is 5.54 Å². The van der Waals surface area contributed by atoms with Crippen LogP contribution in [0.4, 0.5) is 0 Å². The third kappa shape index (κ3) is 5.04. The topological polar surface area (TPSA) is 70.9 Å². The molecule has 1 aliphatic rings. The zero-order valence-corrected chi connectivity index (χ0v) is 11.7. The first-order valence-corrected chi connectivity index (χ1v) is 6.49. The first kappa shape index (κ1) is 15.0. The average molecular weight is 256 g/mol. The van der Waals surface area contributed by atoms with Crippen LogP contribution < -0.4 is 5.32 Å². The highest BCUT2D eigenvalue weighted by molar-refractivity contribution is 5.84. The molecule has 1 rings (SSSR count). The lowest BCUT2D eigenvalue weighted by Crippen LogP contribution is -2.46. The number of rotatable bonds is 3. The fourth-order valence-corrected chi connectivity index (χ4v) is 1.98. The molecule has 18 heavy (non-hydrogen) atoms. The van der Waals surface area contributed by atoms with Crippen molar-refractivity contribution < 1.29 is 14.7 Å². The molecule has 1 unspecified atom stereocenters. The van der Waals surface area contributed by atoms with Crippen molar-refractivity contribution in [3.05, 3.63) is 0 Å². The zero-order chi connectivity index (χ0) is 13.8. The molecule has 1 saturated carbocycles. The van der Waals surface area contributed by atoms with E-state index in [0.717, 1.165) is 31.4 Å². The number of carbonyl (C=O) groups excluding carboxylic acids is 1. The van der Waals surface area contributed by atoms with E-state index in [1.807, 2.05) is 20.8 Å². The highest BCUT2D eigenvalue weighted by Crippen LogP contribution is 2.20. The molecule has 0 bridgehead atoms. The third-order valence-corrected chi connectivity index (χ3v) is 2.92. The summed E-state index contributed by atoms with van der Waals surface area (Å²) in [5.74, 6) is -0.0795. The molecule has 0 aromatic rings. The summed E-state index contributed by atoms with van der Waals surface area (Å²) in [5, 5.41) is 14.8. The van der Waals surface area contributed by atoms with Gasteiger partial charge in [-0.15, -0.1) is 0 Å². The van der Waals surface area contributed by atoms with E-state index in [1.165, 1.54) is 0 Å². The Morgan fingerprint density at radius 1 is 1.44 bits per heavy atom. The normalized spacial score (nSPS) is 22.4. The Hall–Kier alpha value is -1.10. The largest absolute Gasteiger partial charge is 0.411 e. The molecular formula is C13H24N2O3. The van der Waals surface area contributed by atoms with Crippen molar-refractivity contribution in [2.75, 3.05) is 0 Å². The summed E-state index contributed by atoms with van der Waals surface area (Å²) < 4.78 is 5.74. The van der Waals surface area contributed by atoms with Crippen LogP contribution in [-0.4, -0.2) is 34.6 Å². The van der Waals surface area contributed by atoms with Crippen molar-refractivity contribution in [1.82, 2.24) is 5.32 Å². The summed E-state index contributed by atoms with van der Waals surface area (Å²) in [4.78, 5) is 11.9. The minimum Gasteiger partial charge on any atom is -0.411 e. The predicted octanol–water partition coefficient (Wildman–Crippen LogP) is 2.08. The molecule has 5 heteroatoms. The second-order valence-electron chi connectivity index (χ2n) is 5.88. The van der Waals surface area contributed by atoms with Gasteiger partial charge >= 0.3 is 0 Å². The van der Waals surface area contributed by atoms with Crippen LogP contribution in [0.1, 0.15) is 53.4 Å². The van der Waals surface area contributed by atoms with Gasteiger partial charge < -0.3 is 15.3 Å². The third-order valence-electron chi connectivity index (χ3n) is 2.92. The van der Waals surface area contributed by atoms with E-state index in [9.17, 15) is 4.79 Å². The molecule has 2 N–H and O–H groups in total. The number of hydrogen-bond donors (Lipinski definition) is 2. The van der Waals surface area contributed by atoms with Gasteiger partial charge in [-0.05, 0) is 53.4 Å². The first-order valence-electron chi connectivity index (χ1n) is 6.49. The van der Waals surface area contributed by atoms with Gasteiger partial charge in [-0.25, -0.2) is 0 Å². The van der Waals surface area contributed by atoms with E-state index < -0.39 is 6.10 Å². The molecular weight excluding hydrogens is 232 g/mol. The van der Waals surface area contributed by atoms with E-state index in [2.05, 4.69) is 10.5 Å². The molecule has 0 radical (unpaired) electrons. The Morgan fingerprint density at radius 2 is 2.00 bits per heavy atom. The SMILES string of the molecule is CC(OC1CCC(=NO)CC1)C(=O)NC(C)(C)C. The first-order chi connectivity index (χ1) is 8.31. The van der Waals surface area contributed by atoms with Gasteiger partial charge in [-0.1, -0.05) is 5.16 Å². The molecule has 0 heterocycles. The monoisotopic (exact) mass is 256 g/mol. The van der Waals surface area contributed by atoms with Crippen LogP contribution >= 0.6 is 0 Å². The second kappa shape index (κ2) is 6.18. The molecule has 0 aromatic heterocycles. The van der Waals surface area contributed by atoms with Gasteiger partial charge in [0.1, 0.15) is 6.10 Å². The molecule has 1 aliphatic carbocycles. The van der Waals surface area contributed by atoms with Gasteiger partial charge in [0.25, 0.3) is 0 Å². The molecule has 0 aliphatic heterocycles. The Bertz CT molecular complexity index is 311. The summed E-state index contributed by atoms with van der Waals surface area (Å²) in [6.07, 6.45) is 2.75. The smallest absolute Gasteiger partial charge is 0.249 e. The fraction of sp³-hybridized carbons (Fsp3) is 0.846. The number of nitrogens with zero attached hydrogens (tertiary/aromatic N) is 1. The van der Waals surface area contributed by atoms with Crippen molar-refractivity contribution in [1.29, 1.82) is 0 Å². The Balaban J connectivity index is 2.37. The average Bonchev–Trinajstić information content (AvgIpc) is 2.27. The number of amides is 1. The fourth-order valence-electron chi connectivity index (χ4n) is 1.98. The number of nitrogens with one attached hydrogen (secondary N) is 1. The lowest BCUT2D eigenvalue weighted by atomic mass is 9.95. The molecule has 0 saturated heterocycles. The molecule has 1 atom stereocenters. The van der Waals surface area contributed by atoms with Crippen molar-refractivity contribution >= 4 is 11.6 Å². The van der Waals surface area contributed by atoms with Gasteiger partial charge in [-0.3, -0.25) is 4.79 Å². The predicted molar refractivity (Wildman–Crippen MR) is 69.9 cm³/mol. The summed E-state index contributed by atoms with van der Waals surface area (Å²) in [5.41, 5.74) is 0.583. The van der Waals surface area contributed by atoms with Gasteiger partial charge in [0.15, 0.2) is 0 Å². The maximum atomic E-state index is 11.9. The Morgan fingerprint density at radius 3 is 2.44 bits per heavy atom. The van der Waals surface area contributed by atoms with Crippen LogP contribution in [0.5, 0.6) is 0 Å². The van der Waals surface area contributed by atoms with Crippen molar-refractivity contribution in [2.45, 2.75) is 71.1 Å². The highest BCUT2D eigenvalue weighted by atomic mass is 16.5. The lowest BCUT2D eigenvalue weighted by molar-refractivity contribution is -0.137. The maximum Gasteiger partial charge on any atom is 0.249 e. The van der Waals surface area contributed by atoms with E-state index in [1.54, 1.807) is 6.92 Å². The minimum absolute atomic E-state index is 0.0795. The number of oxime groups is 1. The van der Waals surface area contributed by atoms with Crippen LogP contribution in [0.3, 0.4) is 0 Å². The minimum atomic E-state index is -0.443. The van der Waals surface area contributed by atoms with E-state index in [4.69, 9.17) is 9.94 Å². The molecule has 0 aromatic carbocycles. The lowest BCUT2D eigenvalue weighted by Gasteiger charge is -2.28. The summed E-state index contributed by atoms with van der Waals surface area (Å²) >= 11 is 0. The Kier molecular flexibility index (Phi) is 5.14. The van der Waals surface area contributed by atoms with Crippen LogP contribution in [0, 0.1) is 0 Å². The van der Waals surface area contributed by atoms with E-state index in [0.29, 0.717) is 0 Å². The standard InChI is InChI=1S/C13H24N2O3/c1-9(12(16)14-13(2,3)4)18-11-7-5-10(15-17)6-8-11/h9,11,17H,5-8H2,1-4H3,(H,14,16). The van der Waals surface area contributed by atoms with Crippen LogP contribution in [-0.2, 0) is 9.53 Å². The number of carbonyl (C=O) groups is 1. The zero-order valence-electron chi connectivity index (χ0n) is 11.7. The van der Waals surface area contributed by atoms with Gasteiger partial charge in [0.05, 0.1) is 11.8 Å². The van der Waals surface area contributed by atoms with Gasteiger partial charge in [0.2, 0.25) is 5.91 Å². The number of ether oxygens (including phenoxy) is 1. The maximum absolute atomic E-state index is 11.9. The number of hydrogen-bond acceptors (Lipinski definition) is 4. The second-order valence-corrected chi connectivity index (χ2v) is 5.88. The summed E-state index contributed by atoms with van der Waals surface area (Å²) in [7, 11) is 0. The van der Waals surface area contributed by atoms with E-state index in [-0.39, 0.29) is 17.6 Å². The molecule has 5 nitrogen and oxygen atoms in total. The van der Waals surface area contributed by atoms with Crippen LogP contribution in [0.15, 0.2) is 5.16 Å². The highest BCUT2D eigenvalue weighted by Gasteiger charge is 2.25. The van der Waals surface area contributed by atoms with Crippen LogP contribution in [0.2, 0.25) is 0 Å². The molecule has 0 spiro atoms. The van der Waals surface area contributed by atoms with Crippen molar-refractivity contribution in [3.63, 3.8) is 0 Å². The van der Waals surface area contributed by atoms with Crippen molar-refractivity contribution in [3.8, 4) is 0 Å². The summed E-state index contributed by atoms with van der Waals surface area (Å²) in [6, 6.07) is 0. The summed E-state index contributed by atoms with van der Waals surface area (Å²) in [6.45, 7) is 7.61. The molecule has 1 amide bonds. The Labute approximate surface area is 109 Å². The van der Waals surface area contributed by atoms with E-state index >= 15 is 0 Å². The molecule has 1 fully saturated rings. The van der Waals surface area contributed by atoms with Crippen LogP contribution in [0.25, 0.3) is 0 Å².